The lowest BCUT2D eigenvalue weighted by Gasteiger charge is -2.07. The van der Waals surface area contributed by atoms with Crippen molar-refractivity contribution in [1.29, 1.82) is 0 Å². The first-order valence-corrected chi connectivity index (χ1v) is 10.8. The summed E-state index contributed by atoms with van der Waals surface area (Å²) in [5.41, 5.74) is 2.83. The Morgan fingerprint density at radius 2 is 1.79 bits per heavy atom. The third-order valence-electron chi connectivity index (χ3n) is 5.10. The summed E-state index contributed by atoms with van der Waals surface area (Å²) < 4.78 is 11.2. The highest BCUT2D eigenvalue weighted by Crippen LogP contribution is 2.27. The molecule has 0 radical (unpaired) electrons. The zero-order valence-corrected chi connectivity index (χ0v) is 18.7. The van der Waals surface area contributed by atoms with Crippen LogP contribution in [0.2, 0.25) is 0 Å². The fraction of sp³-hybridized carbons (Fsp3) is 0.192. The van der Waals surface area contributed by atoms with Crippen LogP contribution in [-0.4, -0.2) is 33.6 Å². The standard InChI is InChI=1S/C26H24N2O6/c1-15(2)13-27-24(31)20-4-3-5-21-23(20)34-25(28-21)17-8-6-16(7-9-17)14-33-26(32)19-11-10-18(29)12-22(19)30/h3-12,15,29-30H,13-14H2,1-2H3,(H,27,31). The average molecular weight is 460 g/mol. The largest absolute Gasteiger partial charge is 0.508 e. The first-order valence-electron chi connectivity index (χ1n) is 10.8. The first kappa shape index (κ1) is 22.8. The number of carbonyl (C=O) groups excluding carboxylic acids is 2. The van der Waals surface area contributed by atoms with E-state index in [9.17, 15) is 19.8 Å². The molecule has 1 amide bonds. The second-order valence-corrected chi connectivity index (χ2v) is 8.25. The van der Waals surface area contributed by atoms with Crippen molar-refractivity contribution in [2.24, 2.45) is 5.92 Å². The van der Waals surface area contributed by atoms with Crippen LogP contribution in [-0.2, 0) is 11.3 Å². The summed E-state index contributed by atoms with van der Waals surface area (Å²) in [6.07, 6.45) is 0. The van der Waals surface area contributed by atoms with Gasteiger partial charge in [-0.2, -0.15) is 0 Å². The molecule has 0 saturated heterocycles. The second kappa shape index (κ2) is 9.66. The molecule has 1 aromatic heterocycles. The van der Waals surface area contributed by atoms with Gasteiger partial charge in [0, 0.05) is 18.2 Å². The number of ether oxygens (including phenoxy) is 1. The van der Waals surface area contributed by atoms with Gasteiger partial charge in [0.25, 0.3) is 5.91 Å². The number of fused-ring (bicyclic) bond motifs is 1. The van der Waals surface area contributed by atoms with Gasteiger partial charge in [-0.1, -0.05) is 32.0 Å². The van der Waals surface area contributed by atoms with Gasteiger partial charge in [-0.25, -0.2) is 9.78 Å². The van der Waals surface area contributed by atoms with E-state index in [0.717, 1.165) is 11.6 Å². The number of aromatic nitrogens is 1. The molecular weight excluding hydrogens is 436 g/mol. The van der Waals surface area contributed by atoms with E-state index in [1.165, 1.54) is 12.1 Å². The summed E-state index contributed by atoms with van der Waals surface area (Å²) in [4.78, 5) is 29.2. The Labute approximate surface area is 195 Å². The molecule has 8 nitrogen and oxygen atoms in total. The Bertz CT molecular complexity index is 1340. The van der Waals surface area contributed by atoms with Gasteiger partial charge < -0.3 is 24.7 Å². The molecule has 174 valence electrons. The number of hydrogen-bond donors (Lipinski definition) is 3. The Kier molecular flexibility index (Phi) is 6.49. The Morgan fingerprint density at radius 3 is 2.50 bits per heavy atom. The van der Waals surface area contributed by atoms with Crippen molar-refractivity contribution in [1.82, 2.24) is 10.3 Å². The van der Waals surface area contributed by atoms with Gasteiger partial charge in [0.1, 0.15) is 29.2 Å². The summed E-state index contributed by atoms with van der Waals surface area (Å²) >= 11 is 0. The molecule has 0 aliphatic carbocycles. The van der Waals surface area contributed by atoms with Crippen molar-refractivity contribution >= 4 is 23.0 Å². The van der Waals surface area contributed by atoms with Gasteiger partial charge in [-0.05, 0) is 47.9 Å². The predicted octanol–water partition coefficient (Wildman–Crippen LogP) is 4.65. The molecular formula is C26H24N2O6. The Balaban J connectivity index is 1.47. The van der Waals surface area contributed by atoms with Crippen LogP contribution in [0.3, 0.4) is 0 Å². The molecule has 0 spiro atoms. The van der Waals surface area contributed by atoms with Gasteiger partial charge in [0.2, 0.25) is 5.89 Å². The van der Waals surface area contributed by atoms with E-state index in [2.05, 4.69) is 10.3 Å². The number of benzene rings is 3. The molecule has 4 aromatic rings. The van der Waals surface area contributed by atoms with E-state index in [1.54, 1.807) is 42.5 Å². The Hall–Kier alpha value is -4.33. The van der Waals surface area contributed by atoms with Gasteiger partial charge in [0.05, 0.1) is 5.56 Å². The number of phenols is 2. The number of oxazole rings is 1. The van der Waals surface area contributed by atoms with E-state index < -0.39 is 5.97 Å². The van der Waals surface area contributed by atoms with Crippen molar-refractivity contribution in [3.63, 3.8) is 0 Å². The van der Waals surface area contributed by atoms with Crippen molar-refractivity contribution in [2.75, 3.05) is 6.54 Å². The minimum absolute atomic E-state index is 0.00679. The lowest BCUT2D eigenvalue weighted by molar-refractivity contribution is 0.0469. The molecule has 0 atom stereocenters. The molecule has 0 fully saturated rings. The van der Waals surface area contributed by atoms with E-state index >= 15 is 0 Å². The predicted molar refractivity (Wildman–Crippen MR) is 126 cm³/mol. The molecule has 0 aliphatic heterocycles. The molecule has 3 N–H and O–H groups in total. The topological polar surface area (TPSA) is 122 Å². The summed E-state index contributed by atoms with van der Waals surface area (Å²) in [6.45, 7) is 4.60. The van der Waals surface area contributed by atoms with Crippen molar-refractivity contribution < 1.29 is 29.0 Å². The zero-order valence-electron chi connectivity index (χ0n) is 18.7. The minimum atomic E-state index is -0.705. The molecule has 3 aromatic carbocycles. The van der Waals surface area contributed by atoms with Gasteiger partial charge in [-0.3, -0.25) is 4.79 Å². The van der Waals surface area contributed by atoms with Crippen molar-refractivity contribution in [3.8, 4) is 23.0 Å². The number of rotatable bonds is 7. The zero-order chi connectivity index (χ0) is 24.2. The molecule has 8 heteroatoms. The molecule has 4 rings (SSSR count). The number of carbonyl (C=O) groups is 2. The number of nitrogens with zero attached hydrogens (tertiary/aromatic N) is 1. The number of amides is 1. The van der Waals surface area contributed by atoms with E-state index in [0.29, 0.717) is 40.6 Å². The normalized spacial score (nSPS) is 11.0. The maximum Gasteiger partial charge on any atom is 0.342 e. The molecule has 1 heterocycles. The summed E-state index contributed by atoms with van der Waals surface area (Å²) in [6, 6.07) is 16.0. The Morgan fingerprint density at radius 1 is 1.03 bits per heavy atom. The van der Waals surface area contributed by atoms with E-state index in [1.807, 2.05) is 13.8 Å². The van der Waals surface area contributed by atoms with Crippen LogP contribution < -0.4 is 5.32 Å². The van der Waals surface area contributed by atoms with Gasteiger partial charge in [0.15, 0.2) is 5.58 Å². The number of nitrogens with one attached hydrogen (secondary N) is 1. The fourth-order valence-electron chi connectivity index (χ4n) is 3.31. The molecule has 0 saturated carbocycles. The van der Waals surface area contributed by atoms with Crippen LogP contribution in [0.1, 0.15) is 40.1 Å². The number of esters is 1. The molecule has 0 unspecified atom stereocenters. The summed E-state index contributed by atoms with van der Waals surface area (Å²) in [5.74, 6) is -0.710. The van der Waals surface area contributed by atoms with Crippen LogP contribution in [0.15, 0.2) is 65.1 Å². The number of aromatic hydroxyl groups is 2. The third kappa shape index (κ3) is 5.01. The van der Waals surface area contributed by atoms with Crippen LogP contribution >= 0.6 is 0 Å². The highest BCUT2D eigenvalue weighted by Gasteiger charge is 2.17. The van der Waals surface area contributed by atoms with Gasteiger partial charge in [-0.15, -0.1) is 0 Å². The highest BCUT2D eigenvalue weighted by atomic mass is 16.5. The third-order valence-corrected chi connectivity index (χ3v) is 5.10. The monoisotopic (exact) mass is 460 g/mol. The quantitative estimate of drug-likeness (QED) is 0.343. The van der Waals surface area contributed by atoms with Crippen molar-refractivity contribution in [2.45, 2.75) is 20.5 Å². The van der Waals surface area contributed by atoms with Crippen LogP contribution in [0.5, 0.6) is 11.5 Å². The van der Waals surface area contributed by atoms with Crippen LogP contribution in [0, 0.1) is 5.92 Å². The van der Waals surface area contributed by atoms with Crippen molar-refractivity contribution in [3.05, 3.63) is 77.4 Å². The fourth-order valence-corrected chi connectivity index (χ4v) is 3.31. The average Bonchev–Trinajstić information content (AvgIpc) is 3.26. The minimum Gasteiger partial charge on any atom is -0.508 e. The molecule has 0 bridgehead atoms. The highest BCUT2D eigenvalue weighted by molar-refractivity contribution is 6.04. The maximum absolute atomic E-state index is 12.6. The number of hydrogen-bond acceptors (Lipinski definition) is 7. The lowest BCUT2D eigenvalue weighted by atomic mass is 10.1. The summed E-state index contributed by atoms with van der Waals surface area (Å²) in [5, 5.41) is 22.0. The molecule has 0 aliphatic rings. The number of para-hydroxylation sites is 1. The van der Waals surface area contributed by atoms with Crippen LogP contribution in [0.4, 0.5) is 0 Å². The first-order chi connectivity index (χ1) is 16.3. The van der Waals surface area contributed by atoms with Crippen LogP contribution in [0.25, 0.3) is 22.6 Å². The lowest BCUT2D eigenvalue weighted by Crippen LogP contribution is -2.27. The molecule has 34 heavy (non-hydrogen) atoms. The smallest absolute Gasteiger partial charge is 0.342 e. The van der Waals surface area contributed by atoms with E-state index in [4.69, 9.17) is 9.15 Å². The van der Waals surface area contributed by atoms with E-state index in [-0.39, 0.29) is 29.6 Å². The number of phenolic OH excluding ortho intramolecular Hbond substituents is 2. The van der Waals surface area contributed by atoms with Gasteiger partial charge >= 0.3 is 5.97 Å². The SMILES string of the molecule is CC(C)CNC(=O)c1cccc2nc(-c3ccc(COC(=O)c4ccc(O)cc4O)cc3)oc12. The maximum atomic E-state index is 12.6. The summed E-state index contributed by atoms with van der Waals surface area (Å²) in [7, 11) is 0. The second-order valence-electron chi connectivity index (χ2n) is 8.25.